The van der Waals surface area contributed by atoms with Gasteiger partial charge in [-0.25, -0.2) is 0 Å². The molecule has 5 nitrogen and oxygen atoms in total. The molecule has 3 aliphatic carbocycles. The van der Waals surface area contributed by atoms with Gasteiger partial charge in [0.2, 0.25) is 0 Å². The molecule has 1 aromatic heterocycles. The van der Waals surface area contributed by atoms with Gasteiger partial charge in [-0.1, -0.05) is 32.1 Å². The highest BCUT2D eigenvalue weighted by atomic mass is 32.1. The van der Waals surface area contributed by atoms with Gasteiger partial charge in [0, 0.05) is 23.2 Å². The fourth-order valence-electron chi connectivity index (χ4n) is 5.65. The van der Waals surface area contributed by atoms with E-state index in [0.717, 1.165) is 29.3 Å². The Morgan fingerprint density at radius 3 is 2.81 bits per heavy atom. The van der Waals surface area contributed by atoms with Crippen LogP contribution >= 0.6 is 11.3 Å². The number of aromatic hydroxyl groups is 1. The fraction of sp³-hybridized carbons (Fsp3) is 0.520. The summed E-state index contributed by atoms with van der Waals surface area (Å²) in [6, 6.07) is 5.63. The van der Waals surface area contributed by atoms with E-state index in [0.29, 0.717) is 35.2 Å². The Hall–Kier alpha value is -2.34. The molecule has 1 aromatic carbocycles. The molecule has 5 rings (SSSR count). The zero-order chi connectivity index (χ0) is 22.2. The minimum Gasteiger partial charge on any atom is -0.506 e. The van der Waals surface area contributed by atoms with Crippen LogP contribution in [0.3, 0.4) is 0 Å². The molecule has 166 valence electrons. The summed E-state index contributed by atoms with van der Waals surface area (Å²) in [6.45, 7) is 4.70. The van der Waals surface area contributed by atoms with Crippen LogP contribution in [0.1, 0.15) is 62.7 Å². The number of carboxylic acid groups (broad SMARTS) is 1. The van der Waals surface area contributed by atoms with Gasteiger partial charge in [-0.05, 0) is 67.4 Å². The van der Waals surface area contributed by atoms with Crippen LogP contribution in [0, 0.1) is 23.2 Å². The number of carbonyl (C=O) groups excluding carboxylic acids is 1. The number of hydrogen-bond acceptors (Lipinski definition) is 4. The zero-order valence-electron chi connectivity index (χ0n) is 18.1. The quantitative estimate of drug-likeness (QED) is 0.368. The number of rotatable bonds is 8. The molecule has 3 saturated carbocycles. The Morgan fingerprint density at radius 2 is 2.06 bits per heavy atom. The van der Waals surface area contributed by atoms with Crippen LogP contribution in [0.15, 0.2) is 35.7 Å². The molecule has 2 aromatic rings. The summed E-state index contributed by atoms with van der Waals surface area (Å²) in [5, 5.41) is 24.5. The van der Waals surface area contributed by atoms with Gasteiger partial charge in [-0.3, -0.25) is 9.59 Å². The number of carboxylic acids is 1. The molecule has 6 heteroatoms. The van der Waals surface area contributed by atoms with Crippen LogP contribution in [0.5, 0.6) is 5.75 Å². The van der Waals surface area contributed by atoms with Gasteiger partial charge in [0.05, 0.1) is 10.3 Å². The second kappa shape index (κ2) is 8.65. The average molecular weight is 442 g/mol. The maximum absolute atomic E-state index is 13.2. The van der Waals surface area contributed by atoms with E-state index >= 15 is 0 Å². The molecule has 31 heavy (non-hydrogen) atoms. The van der Waals surface area contributed by atoms with Gasteiger partial charge >= 0.3 is 5.97 Å². The van der Waals surface area contributed by atoms with Crippen LogP contribution in [-0.2, 0) is 4.79 Å². The maximum atomic E-state index is 13.2. The van der Waals surface area contributed by atoms with Crippen molar-refractivity contribution in [2.45, 2.75) is 58.4 Å². The predicted molar refractivity (Wildman–Crippen MR) is 123 cm³/mol. The van der Waals surface area contributed by atoms with E-state index in [9.17, 15) is 14.7 Å². The van der Waals surface area contributed by atoms with Gasteiger partial charge in [0.15, 0.2) is 0 Å². The summed E-state index contributed by atoms with van der Waals surface area (Å²) in [7, 11) is 0. The molecule has 3 aliphatic rings. The van der Waals surface area contributed by atoms with E-state index in [1.165, 1.54) is 17.8 Å². The lowest BCUT2D eigenvalue weighted by Gasteiger charge is -2.62. The molecule has 3 fully saturated rings. The van der Waals surface area contributed by atoms with Crippen LogP contribution in [0.2, 0.25) is 0 Å². The van der Waals surface area contributed by atoms with Crippen molar-refractivity contribution in [3.8, 4) is 5.75 Å². The van der Waals surface area contributed by atoms with Crippen LogP contribution < -0.4 is 5.32 Å². The van der Waals surface area contributed by atoms with E-state index in [4.69, 9.17) is 5.11 Å². The number of allylic oxidation sites excluding steroid dienone is 2. The first-order valence-electron chi connectivity index (χ1n) is 11.2. The van der Waals surface area contributed by atoms with E-state index in [1.54, 1.807) is 5.38 Å². The van der Waals surface area contributed by atoms with E-state index in [1.807, 2.05) is 18.2 Å². The summed E-state index contributed by atoms with van der Waals surface area (Å²) in [5.41, 5.74) is 0.937. The third-order valence-corrected chi connectivity index (χ3v) is 8.61. The first kappa shape index (κ1) is 21.9. The fourth-order valence-corrected chi connectivity index (χ4v) is 6.59. The second-order valence-corrected chi connectivity index (χ2v) is 10.5. The number of thiophene rings is 1. The number of unbranched alkanes of at least 4 members (excludes halogenated alkanes) is 1. The lowest BCUT2D eigenvalue weighted by atomic mass is 9.44. The Balaban J connectivity index is 1.46. The van der Waals surface area contributed by atoms with Crippen LogP contribution in [0.25, 0.3) is 10.1 Å². The molecule has 0 saturated heterocycles. The number of aliphatic carboxylic acids is 1. The highest BCUT2D eigenvalue weighted by Gasteiger charge is 2.57. The number of amides is 1. The van der Waals surface area contributed by atoms with Gasteiger partial charge < -0.3 is 15.5 Å². The minimum atomic E-state index is -0.750. The van der Waals surface area contributed by atoms with Gasteiger partial charge in [0.1, 0.15) is 5.75 Å². The lowest BCUT2D eigenvalue weighted by Crippen LogP contribution is -2.61. The monoisotopic (exact) mass is 441 g/mol. The molecule has 1 unspecified atom stereocenters. The molecule has 0 spiro atoms. The van der Waals surface area contributed by atoms with E-state index < -0.39 is 5.97 Å². The minimum absolute atomic E-state index is 0.0630. The summed E-state index contributed by atoms with van der Waals surface area (Å²) < 4.78 is 0.827. The van der Waals surface area contributed by atoms with Crippen molar-refractivity contribution in [1.82, 2.24) is 5.32 Å². The number of carbonyl (C=O) groups is 2. The predicted octanol–water partition coefficient (Wildman–Crippen LogP) is 5.59. The van der Waals surface area contributed by atoms with E-state index in [-0.39, 0.29) is 24.1 Å². The third kappa shape index (κ3) is 4.22. The molecular formula is C25H31NO4S. The van der Waals surface area contributed by atoms with Crippen LogP contribution in [0.4, 0.5) is 0 Å². The van der Waals surface area contributed by atoms with Crippen molar-refractivity contribution >= 4 is 33.3 Å². The molecule has 3 N–H and O–H groups in total. The number of fused-ring (bicyclic) bond motifs is 3. The van der Waals surface area contributed by atoms with Crippen molar-refractivity contribution in [2.24, 2.45) is 23.2 Å². The molecule has 0 aliphatic heterocycles. The van der Waals surface area contributed by atoms with Crippen molar-refractivity contribution < 1.29 is 19.8 Å². The Bertz CT molecular complexity index is 1010. The second-order valence-electron chi connectivity index (χ2n) is 9.64. The molecule has 4 atom stereocenters. The topological polar surface area (TPSA) is 86.6 Å². The highest BCUT2D eigenvalue weighted by molar-refractivity contribution is 7.18. The summed E-state index contributed by atoms with van der Waals surface area (Å²) in [6.07, 6.45) is 9.04. The Kier molecular flexibility index (Phi) is 6.11. The summed E-state index contributed by atoms with van der Waals surface area (Å²) in [4.78, 5) is 23.9. The summed E-state index contributed by atoms with van der Waals surface area (Å²) in [5.74, 6) is 1.02. The number of benzene rings is 1. The summed E-state index contributed by atoms with van der Waals surface area (Å²) >= 11 is 1.40. The average Bonchev–Trinajstić information content (AvgIpc) is 3.11. The SMILES string of the molecule is CC1(C)[C@@H]2CC(NC(=O)c3cccc4c(O)csc34)[C@@H](CC=CCCCC(=O)O)[C@H]1C2. The third-order valence-electron chi connectivity index (χ3n) is 7.60. The normalized spacial score (nSPS) is 26.6. The zero-order valence-corrected chi connectivity index (χ0v) is 19.0. The Labute approximate surface area is 187 Å². The first-order valence-corrected chi connectivity index (χ1v) is 12.0. The van der Waals surface area contributed by atoms with Crippen molar-refractivity contribution in [1.29, 1.82) is 0 Å². The largest absolute Gasteiger partial charge is 0.506 e. The van der Waals surface area contributed by atoms with Crippen molar-refractivity contribution in [3.63, 3.8) is 0 Å². The lowest BCUT2D eigenvalue weighted by molar-refractivity contribution is -0.137. The number of nitrogens with one attached hydrogen (secondary N) is 1. The molecule has 1 amide bonds. The van der Waals surface area contributed by atoms with Gasteiger partial charge in [-0.2, -0.15) is 0 Å². The molecule has 0 radical (unpaired) electrons. The van der Waals surface area contributed by atoms with Crippen molar-refractivity contribution in [2.75, 3.05) is 0 Å². The highest BCUT2D eigenvalue weighted by Crippen LogP contribution is 2.62. The van der Waals surface area contributed by atoms with Crippen molar-refractivity contribution in [3.05, 3.63) is 41.3 Å². The molecule has 2 bridgehead atoms. The van der Waals surface area contributed by atoms with E-state index in [2.05, 4.69) is 31.3 Å². The van der Waals surface area contributed by atoms with Gasteiger partial charge in [0.25, 0.3) is 5.91 Å². The molecular weight excluding hydrogens is 410 g/mol. The number of hydrogen-bond donors (Lipinski definition) is 3. The Morgan fingerprint density at radius 1 is 1.26 bits per heavy atom. The van der Waals surface area contributed by atoms with Crippen LogP contribution in [-0.4, -0.2) is 28.1 Å². The molecule has 1 heterocycles. The standard InChI is InChI=1S/C25H31NO4S/c1-25(2)15-12-19(25)16(8-5-3-4-6-11-22(28)29)20(13-15)26-24(30)18-10-7-9-17-21(27)14-31-23(17)18/h3,5,7,9-10,14-16,19-20,27H,4,6,8,11-13H2,1-2H3,(H,26,30)(H,28,29)/t15-,16-,19+,20?/m0/s1. The maximum Gasteiger partial charge on any atom is 0.303 e. The van der Waals surface area contributed by atoms with Gasteiger partial charge in [-0.15, -0.1) is 11.3 Å². The first-order chi connectivity index (χ1) is 14.8. The smallest absolute Gasteiger partial charge is 0.303 e.